The first-order chi connectivity index (χ1) is 26.7. The molecule has 55 heavy (non-hydrogen) atoms. The van der Waals surface area contributed by atoms with Crippen molar-refractivity contribution in [3.63, 3.8) is 0 Å². The number of hydrogen-bond acceptors (Lipinski definition) is 10. The number of aromatic nitrogens is 5. The van der Waals surface area contributed by atoms with Crippen LogP contribution in [0.1, 0.15) is 61.5 Å². The molecule has 2 aliphatic heterocycles. The summed E-state index contributed by atoms with van der Waals surface area (Å²) in [6, 6.07) is 15.7. The lowest BCUT2D eigenvalue weighted by Crippen LogP contribution is -2.56. The molecule has 1 aliphatic carbocycles. The van der Waals surface area contributed by atoms with E-state index in [1.54, 1.807) is 19.4 Å². The number of allylic oxidation sites excluding steroid dienone is 1. The Balaban J connectivity index is 1.14. The third kappa shape index (κ3) is 7.19. The largest absolute Gasteiger partial charge is 0.497 e. The van der Waals surface area contributed by atoms with Crippen LogP contribution in [0.3, 0.4) is 0 Å². The minimum atomic E-state index is -1.46. The van der Waals surface area contributed by atoms with Crippen molar-refractivity contribution in [2.24, 2.45) is 5.92 Å². The fourth-order valence-corrected chi connectivity index (χ4v) is 8.20. The third-order valence-electron chi connectivity index (χ3n) is 10.7. The van der Waals surface area contributed by atoms with Crippen LogP contribution in [0, 0.1) is 5.92 Å². The third-order valence-corrected chi connectivity index (χ3v) is 11.5. The molecule has 282 valence electrons. The number of carboxylic acids is 1. The molecule has 0 spiro atoms. The molecule has 3 amide bonds. The number of carbonyl (C=O) groups is 4. The number of hydrogen-bond donors (Lipinski definition) is 3. The molecule has 2 fully saturated rings. The number of nitrogens with zero attached hydrogens (tertiary/aromatic N) is 6. The van der Waals surface area contributed by atoms with E-state index in [9.17, 15) is 24.3 Å². The van der Waals surface area contributed by atoms with Crippen LogP contribution < -0.4 is 15.4 Å². The summed E-state index contributed by atoms with van der Waals surface area (Å²) in [5.41, 5.74) is 1.26. The number of ether oxygens (including phenoxy) is 1. The number of carboxylic acid groups (broad SMARTS) is 1. The van der Waals surface area contributed by atoms with Gasteiger partial charge in [0.2, 0.25) is 11.8 Å². The van der Waals surface area contributed by atoms with Gasteiger partial charge in [-0.25, -0.2) is 14.8 Å². The average molecular weight is 761 g/mol. The summed E-state index contributed by atoms with van der Waals surface area (Å²) >= 11 is 1.41. The van der Waals surface area contributed by atoms with Gasteiger partial charge >= 0.3 is 5.97 Å². The zero-order valence-corrected chi connectivity index (χ0v) is 30.9. The normalized spacial score (nSPS) is 24.9. The lowest BCUT2D eigenvalue weighted by molar-refractivity contribution is -0.145. The second kappa shape index (κ2) is 15.1. The number of amides is 3. The van der Waals surface area contributed by atoms with Crippen molar-refractivity contribution in [2.75, 3.05) is 13.7 Å². The van der Waals surface area contributed by atoms with Crippen LogP contribution in [-0.2, 0) is 14.4 Å². The first-order valence-corrected chi connectivity index (χ1v) is 19.3. The van der Waals surface area contributed by atoms with Gasteiger partial charge in [0.1, 0.15) is 45.5 Å². The Morgan fingerprint density at radius 1 is 1.02 bits per heavy atom. The van der Waals surface area contributed by atoms with E-state index in [1.165, 1.54) is 21.0 Å². The Morgan fingerprint density at radius 3 is 2.62 bits per heavy atom. The number of benzene rings is 2. The Hall–Kier alpha value is -5.96. The molecular formula is C40H40N8O6S. The molecule has 0 bridgehead atoms. The van der Waals surface area contributed by atoms with Crippen LogP contribution in [0.4, 0.5) is 0 Å². The summed E-state index contributed by atoms with van der Waals surface area (Å²) in [5, 5.41) is 29.2. The maximum atomic E-state index is 14.7. The SMILES string of the molecule is COc1ccc(-c2nn([C@@H]3CC4C(=O)NC5(C(=O)O)CC5/C=C\CCCCCC(NC(=O)c5ccc6ccccc6n5)C(=O)N4C3)nc2-c2nccs2)cc1. The average Bonchev–Trinajstić information content (AvgIpc) is 3.66. The van der Waals surface area contributed by atoms with Crippen molar-refractivity contribution in [3.8, 4) is 27.7 Å². The number of fused-ring (bicyclic) bond motifs is 3. The van der Waals surface area contributed by atoms with Gasteiger partial charge in [-0.15, -0.1) is 16.4 Å². The number of aliphatic carboxylic acids is 1. The van der Waals surface area contributed by atoms with E-state index >= 15 is 0 Å². The predicted molar refractivity (Wildman–Crippen MR) is 204 cm³/mol. The van der Waals surface area contributed by atoms with E-state index in [1.807, 2.05) is 72.1 Å². The molecule has 14 nitrogen and oxygen atoms in total. The van der Waals surface area contributed by atoms with Gasteiger partial charge in [-0.05, 0) is 62.1 Å². The Bertz CT molecular complexity index is 2270. The van der Waals surface area contributed by atoms with Crippen molar-refractivity contribution < 1.29 is 29.0 Å². The zero-order valence-electron chi connectivity index (χ0n) is 30.1. The number of carbonyl (C=O) groups excluding carboxylic acids is 3. The smallest absolute Gasteiger partial charge is 0.330 e. The van der Waals surface area contributed by atoms with Crippen molar-refractivity contribution >= 4 is 45.9 Å². The van der Waals surface area contributed by atoms with Crippen molar-refractivity contribution in [1.29, 1.82) is 0 Å². The number of para-hydroxylation sites is 1. The van der Waals surface area contributed by atoms with Crippen molar-refractivity contribution in [2.45, 2.75) is 68.6 Å². The second-order valence-corrected chi connectivity index (χ2v) is 15.1. The zero-order chi connectivity index (χ0) is 38.1. The van der Waals surface area contributed by atoms with Gasteiger partial charge in [-0.3, -0.25) is 14.4 Å². The molecule has 1 saturated carbocycles. The minimum Gasteiger partial charge on any atom is -0.497 e. The van der Waals surface area contributed by atoms with Gasteiger partial charge in [0.15, 0.2) is 0 Å². The molecule has 3 aliphatic rings. The second-order valence-electron chi connectivity index (χ2n) is 14.2. The molecule has 0 radical (unpaired) electrons. The maximum absolute atomic E-state index is 14.7. The van der Waals surface area contributed by atoms with Gasteiger partial charge < -0.3 is 25.4 Å². The van der Waals surface area contributed by atoms with Crippen LogP contribution in [0.25, 0.3) is 32.9 Å². The van der Waals surface area contributed by atoms with Crippen LogP contribution in [0.2, 0.25) is 0 Å². The topological polar surface area (TPSA) is 182 Å². The van der Waals surface area contributed by atoms with Crippen LogP contribution >= 0.6 is 11.3 Å². The molecule has 15 heteroatoms. The fourth-order valence-electron chi connectivity index (χ4n) is 7.58. The quantitative estimate of drug-likeness (QED) is 0.190. The van der Waals surface area contributed by atoms with E-state index in [0.29, 0.717) is 40.5 Å². The lowest BCUT2D eigenvalue weighted by Gasteiger charge is -2.29. The highest BCUT2D eigenvalue weighted by molar-refractivity contribution is 7.13. The summed E-state index contributed by atoms with van der Waals surface area (Å²) in [4.78, 5) is 67.3. The van der Waals surface area contributed by atoms with E-state index in [-0.39, 0.29) is 31.0 Å². The predicted octanol–water partition coefficient (Wildman–Crippen LogP) is 5.05. The molecule has 4 unspecified atom stereocenters. The standard InChI is InChI=1S/C40H40N8O6S/c1-54-28-16-13-25(14-17-28)33-34(37-41-19-20-55-37)46-48(45-33)27-21-32-36(50)44-40(39(52)53)22-26(40)10-5-3-2-4-6-12-31(38(51)47(32)23-27)43-35(49)30-18-15-24-9-7-8-11-29(24)42-30/h5,7-11,13-20,26-27,31-32H,2-4,6,12,21-23H2,1H3,(H,43,49)(H,44,50)(H,52,53)/b10-5-/t26?,27-,31?,32?,40?/m1/s1. The summed E-state index contributed by atoms with van der Waals surface area (Å²) in [6.07, 6.45) is 9.26. The van der Waals surface area contributed by atoms with E-state index in [4.69, 9.17) is 14.9 Å². The van der Waals surface area contributed by atoms with E-state index in [2.05, 4.69) is 20.6 Å². The minimum absolute atomic E-state index is 0.0506. The highest BCUT2D eigenvalue weighted by Gasteiger charge is 2.61. The first-order valence-electron chi connectivity index (χ1n) is 18.4. The van der Waals surface area contributed by atoms with Gasteiger partial charge in [-0.2, -0.15) is 9.90 Å². The van der Waals surface area contributed by atoms with Crippen LogP contribution in [-0.4, -0.2) is 89.9 Å². The van der Waals surface area contributed by atoms with E-state index < -0.39 is 47.4 Å². The molecule has 5 heterocycles. The molecular weight excluding hydrogens is 721 g/mol. The number of nitrogens with one attached hydrogen (secondary N) is 2. The van der Waals surface area contributed by atoms with Crippen molar-refractivity contribution in [3.05, 3.63) is 90.1 Å². The number of methoxy groups -OCH3 is 1. The molecule has 8 rings (SSSR count). The Morgan fingerprint density at radius 2 is 1.84 bits per heavy atom. The van der Waals surface area contributed by atoms with Crippen LogP contribution in [0.5, 0.6) is 5.75 Å². The summed E-state index contributed by atoms with van der Waals surface area (Å²) in [6.45, 7) is 0.0506. The highest BCUT2D eigenvalue weighted by Crippen LogP contribution is 2.46. The van der Waals surface area contributed by atoms with Gasteiger partial charge in [-0.1, -0.05) is 49.3 Å². The van der Waals surface area contributed by atoms with Crippen molar-refractivity contribution in [1.82, 2.24) is 40.5 Å². The van der Waals surface area contributed by atoms with Crippen LogP contribution in [0.15, 0.2) is 84.4 Å². The molecule has 3 N–H and O–H groups in total. The summed E-state index contributed by atoms with van der Waals surface area (Å²) in [5.74, 6) is -2.31. The highest BCUT2D eigenvalue weighted by atomic mass is 32.1. The fraction of sp³-hybridized carbons (Fsp3) is 0.350. The molecule has 5 aromatic rings. The lowest BCUT2D eigenvalue weighted by atomic mass is 10.0. The van der Waals surface area contributed by atoms with Gasteiger partial charge in [0.05, 0.1) is 18.7 Å². The molecule has 1 saturated heterocycles. The molecule has 2 aromatic carbocycles. The van der Waals surface area contributed by atoms with Gasteiger partial charge in [0, 0.05) is 41.4 Å². The maximum Gasteiger partial charge on any atom is 0.330 e. The summed E-state index contributed by atoms with van der Waals surface area (Å²) in [7, 11) is 1.59. The number of pyridine rings is 1. The van der Waals surface area contributed by atoms with Gasteiger partial charge in [0.25, 0.3) is 5.91 Å². The Labute approximate surface area is 320 Å². The molecule has 3 aromatic heterocycles. The molecule has 5 atom stereocenters. The monoisotopic (exact) mass is 760 g/mol. The van der Waals surface area contributed by atoms with E-state index in [0.717, 1.165) is 30.2 Å². The summed E-state index contributed by atoms with van der Waals surface area (Å²) < 4.78 is 5.35. The Kier molecular flexibility index (Phi) is 9.86. The number of thiazole rings is 1. The number of rotatable bonds is 7. The first kappa shape index (κ1) is 36.0.